The van der Waals surface area contributed by atoms with Crippen LogP contribution in [0.2, 0.25) is 0 Å². The SMILES string of the molecule is COC(=O)NCCCC(O)(c1cccc(F)c1-c1cccc(C)c1)[C@@H]1CCCN(C(=O)c2ccc(CN)cc2)C1. The van der Waals surface area contributed by atoms with Crippen LogP contribution in [-0.4, -0.2) is 48.8 Å². The van der Waals surface area contributed by atoms with Crippen molar-refractivity contribution in [3.05, 3.63) is 94.8 Å². The molecule has 4 rings (SSSR count). The molecule has 0 saturated carbocycles. The summed E-state index contributed by atoms with van der Waals surface area (Å²) in [6.45, 7) is 3.52. The second kappa shape index (κ2) is 13.1. The summed E-state index contributed by atoms with van der Waals surface area (Å²) in [7, 11) is 1.30. The van der Waals surface area contributed by atoms with Crippen molar-refractivity contribution in [1.29, 1.82) is 0 Å². The van der Waals surface area contributed by atoms with Crippen molar-refractivity contribution in [2.75, 3.05) is 26.7 Å². The molecule has 1 heterocycles. The Morgan fingerprint density at radius 2 is 1.90 bits per heavy atom. The van der Waals surface area contributed by atoms with E-state index < -0.39 is 17.5 Å². The number of benzene rings is 3. The summed E-state index contributed by atoms with van der Waals surface area (Å²) < 4.78 is 20.2. The molecular weight excluding hydrogens is 509 g/mol. The number of piperidine rings is 1. The van der Waals surface area contributed by atoms with Crippen LogP contribution in [-0.2, 0) is 16.9 Å². The number of carbonyl (C=O) groups is 2. The highest BCUT2D eigenvalue weighted by Crippen LogP contribution is 2.44. The van der Waals surface area contributed by atoms with E-state index in [1.54, 1.807) is 29.2 Å². The van der Waals surface area contributed by atoms with Crippen LogP contribution in [0.4, 0.5) is 9.18 Å². The number of halogens is 1. The Morgan fingerprint density at radius 3 is 2.60 bits per heavy atom. The number of aliphatic hydroxyl groups is 1. The first-order chi connectivity index (χ1) is 19.3. The lowest BCUT2D eigenvalue weighted by atomic mass is 9.72. The molecule has 0 aliphatic carbocycles. The standard InChI is InChI=1S/C32H38FN3O4/c1-22-7-3-8-25(19-22)29-27(10-4-11-28(29)33)32(39,16-6-17-35-31(38)40-2)26-9-5-18-36(21-26)30(37)24-14-12-23(20-34)13-15-24/h3-4,7-8,10-15,19,26,39H,5-6,9,16-18,20-21,34H2,1-2H3,(H,35,38)/t26-,32?/m1/s1. The van der Waals surface area contributed by atoms with Gasteiger partial charge in [-0.3, -0.25) is 4.79 Å². The third-order valence-electron chi connectivity index (χ3n) is 7.80. The average molecular weight is 548 g/mol. The van der Waals surface area contributed by atoms with E-state index in [0.717, 1.165) is 11.1 Å². The number of nitrogens with one attached hydrogen (secondary N) is 1. The number of amides is 2. The van der Waals surface area contributed by atoms with Gasteiger partial charge in [0.25, 0.3) is 5.91 Å². The van der Waals surface area contributed by atoms with Gasteiger partial charge in [-0.1, -0.05) is 54.1 Å². The molecule has 212 valence electrons. The number of nitrogens with two attached hydrogens (primary N) is 1. The van der Waals surface area contributed by atoms with Gasteiger partial charge in [-0.2, -0.15) is 0 Å². The average Bonchev–Trinajstić information content (AvgIpc) is 2.98. The fourth-order valence-corrected chi connectivity index (χ4v) is 5.68. The van der Waals surface area contributed by atoms with Gasteiger partial charge in [-0.15, -0.1) is 0 Å². The fraction of sp³-hybridized carbons (Fsp3) is 0.375. The summed E-state index contributed by atoms with van der Waals surface area (Å²) in [5, 5.41) is 15.2. The van der Waals surface area contributed by atoms with Crippen molar-refractivity contribution >= 4 is 12.0 Å². The molecule has 1 aliphatic heterocycles. The molecule has 0 bridgehead atoms. The van der Waals surface area contributed by atoms with Crippen molar-refractivity contribution in [2.45, 2.75) is 44.8 Å². The van der Waals surface area contributed by atoms with E-state index in [9.17, 15) is 14.7 Å². The van der Waals surface area contributed by atoms with Crippen LogP contribution in [0.1, 0.15) is 52.7 Å². The van der Waals surface area contributed by atoms with E-state index in [1.807, 2.05) is 43.3 Å². The molecule has 7 nitrogen and oxygen atoms in total. The van der Waals surface area contributed by atoms with Crippen LogP contribution in [0.5, 0.6) is 0 Å². The zero-order chi connectivity index (χ0) is 28.7. The van der Waals surface area contributed by atoms with E-state index in [1.165, 1.54) is 13.2 Å². The molecule has 1 aliphatic rings. The molecule has 2 amide bonds. The Hall–Kier alpha value is -3.75. The van der Waals surface area contributed by atoms with Crippen molar-refractivity contribution in [3.8, 4) is 11.1 Å². The first-order valence-corrected chi connectivity index (χ1v) is 13.8. The number of ether oxygens (including phenoxy) is 1. The van der Waals surface area contributed by atoms with Crippen molar-refractivity contribution in [1.82, 2.24) is 10.2 Å². The maximum absolute atomic E-state index is 15.5. The number of hydrogen-bond acceptors (Lipinski definition) is 5. The largest absolute Gasteiger partial charge is 0.453 e. The van der Waals surface area contributed by atoms with Gasteiger partial charge in [-0.05, 0) is 67.5 Å². The van der Waals surface area contributed by atoms with Gasteiger partial charge in [0.1, 0.15) is 5.82 Å². The molecule has 1 saturated heterocycles. The Labute approximate surface area is 235 Å². The minimum absolute atomic E-state index is 0.110. The number of hydrogen-bond donors (Lipinski definition) is 3. The second-order valence-corrected chi connectivity index (χ2v) is 10.5. The second-order valence-electron chi connectivity index (χ2n) is 10.5. The summed E-state index contributed by atoms with van der Waals surface area (Å²) in [5.41, 5.74) is 8.27. The highest BCUT2D eigenvalue weighted by Gasteiger charge is 2.43. The van der Waals surface area contributed by atoms with Gasteiger partial charge in [0.2, 0.25) is 0 Å². The Bertz CT molecular complexity index is 1330. The molecule has 0 radical (unpaired) electrons. The first kappa shape index (κ1) is 29.2. The summed E-state index contributed by atoms with van der Waals surface area (Å²) in [6, 6.07) is 19.6. The first-order valence-electron chi connectivity index (χ1n) is 13.8. The zero-order valence-corrected chi connectivity index (χ0v) is 23.2. The normalized spacial score (nSPS) is 16.7. The summed E-state index contributed by atoms with van der Waals surface area (Å²) in [6.07, 6.45) is 1.51. The lowest BCUT2D eigenvalue weighted by molar-refractivity contribution is -0.0564. The van der Waals surface area contributed by atoms with Crippen LogP contribution in [0.15, 0.2) is 66.7 Å². The lowest BCUT2D eigenvalue weighted by Crippen LogP contribution is -2.48. The van der Waals surface area contributed by atoms with Gasteiger partial charge < -0.3 is 25.8 Å². The number of likely N-dealkylation sites (tertiary alicyclic amines) is 1. The molecule has 0 aromatic heterocycles. The monoisotopic (exact) mass is 547 g/mol. The number of alkyl carbamates (subject to hydrolysis) is 1. The molecule has 40 heavy (non-hydrogen) atoms. The van der Waals surface area contributed by atoms with E-state index in [4.69, 9.17) is 5.73 Å². The fourth-order valence-electron chi connectivity index (χ4n) is 5.68. The number of methoxy groups -OCH3 is 1. The molecule has 3 aromatic rings. The molecule has 0 spiro atoms. The number of aryl methyl sites for hydroxylation is 1. The highest BCUT2D eigenvalue weighted by molar-refractivity contribution is 5.94. The van der Waals surface area contributed by atoms with Crippen LogP contribution >= 0.6 is 0 Å². The van der Waals surface area contributed by atoms with Crippen molar-refractivity contribution < 1.29 is 23.8 Å². The van der Waals surface area contributed by atoms with Crippen LogP contribution in [0.25, 0.3) is 11.1 Å². The minimum Gasteiger partial charge on any atom is -0.453 e. The maximum atomic E-state index is 15.5. The molecule has 1 unspecified atom stereocenters. The van der Waals surface area contributed by atoms with Gasteiger partial charge in [0.05, 0.1) is 12.7 Å². The summed E-state index contributed by atoms with van der Waals surface area (Å²) in [4.78, 5) is 26.8. The van der Waals surface area contributed by atoms with E-state index in [-0.39, 0.29) is 24.8 Å². The maximum Gasteiger partial charge on any atom is 0.406 e. The van der Waals surface area contributed by atoms with E-state index in [0.29, 0.717) is 61.2 Å². The Kier molecular flexibility index (Phi) is 9.55. The van der Waals surface area contributed by atoms with Gasteiger partial charge >= 0.3 is 6.09 Å². The van der Waals surface area contributed by atoms with Crippen molar-refractivity contribution in [3.63, 3.8) is 0 Å². The van der Waals surface area contributed by atoms with Crippen LogP contribution < -0.4 is 11.1 Å². The van der Waals surface area contributed by atoms with Crippen LogP contribution in [0, 0.1) is 18.7 Å². The molecular formula is C32H38FN3O4. The van der Waals surface area contributed by atoms with Gasteiger partial charge in [-0.25, -0.2) is 9.18 Å². The Balaban J connectivity index is 1.69. The molecule has 3 aromatic carbocycles. The molecule has 8 heteroatoms. The quantitative estimate of drug-likeness (QED) is 0.322. The third kappa shape index (κ3) is 6.51. The van der Waals surface area contributed by atoms with Gasteiger partial charge in [0.15, 0.2) is 0 Å². The molecule has 4 N–H and O–H groups in total. The number of nitrogens with zero attached hydrogens (tertiary/aromatic N) is 1. The van der Waals surface area contributed by atoms with Gasteiger partial charge in [0, 0.05) is 43.2 Å². The highest BCUT2D eigenvalue weighted by atomic mass is 19.1. The zero-order valence-electron chi connectivity index (χ0n) is 23.2. The number of carbonyl (C=O) groups excluding carboxylic acids is 2. The predicted molar refractivity (Wildman–Crippen MR) is 153 cm³/mol. The number of rotatable bonds is 9. The smallest absolute Gasteiger partial charge is 0.406 e. The minimum atomic E-state index is -1.46. The van der Waals surface area contributed by atoms with Crippen LogP contribution in [0.3, 0.4) is 0 Å². The topological polar surface area (TPSA) is 105 Å². The summed E-state index contributed by atoms with van der Waals surface area (Å²) >= 11 is 0. The Morgan fingerprint density at radius 1 is 1.15 bits per heavy atom. The molecule has 2 atom stereocenters. The lowest BCUT2D eigenvalue weighted by Gasteiger charge is -2.43. The summed E-state index contributed by atoms with van der Waals surface area (Å²) in [5.74, 6) is -0.879. The van der Waals surface area contributed by atoms with E-state index >= 15 is 4.39 Å². The molecule has 1 fully saturated rings. The van der Waals surface area contributed by atoms with E-state index in [2.05, 4.69) is 10.1 Å². The third-order valence-corrected chi connectivity index (χ3v) is 7.80. The van der Waals surface area contributed by atoms with Crippen molar-refractivity contribution in [2.24, 2.45) is 11.7 Å². The predicted octanol–water partition coefficient (Wildman–Crippen LogP) is 5.14.